The zero-order valence-corrected chi connectivity index (χ0v) is 25.6. The predicted octanol–water partition coefficient (Wildman–Crippen LogP) is 6.71. The molecular weight excluding hydrogens is 623 g/mol. The first kappa shape index (κ1) is 33.0. The van der Waals surface area contributed by atoms with Gasteiger partial charge in [-0.3, -0.25) is 15.0 Å². The van der Waals surface area contributed by atoms with Gasteiger partial charge in [-0.15, -0.1) is 11.8 Å². The number of carboxylic acids is 1. The van der Waals surface area contributed by atoms with Gasteiger partial charge in [-0.2, -0.15) is 13.2 Å². The summed E-state index contributed by atoms with van der Waals surface area (Å²) >= 11 is 1.55. The van der Waals surface area contributed by atoms with Crippen LogP contribution in [-0.4, -0.2) is 68.7 Å². The van der Waals surface area contributed by atoms with Crippen molar-refractivity contribution in [3.05, 3.63) is 106 Å². The normalized spacial score (nSPS) is 16.1. The van der Waals surface area contributed by atoms with Gasteiger partial charge in [-0.05, 0) is 61.3 Å². The van der Waals surface area contributed by atoms with Crippen LogP contribution in [0.1, 0.15) is 29.5 Å². The number of hydrogen-bond donors (Lipinski definition) is 2. The second-order valence-corrected chi connectivity index (χ2v) is 12.5. The van der Waals surface area contributed by atoms with Crippen molar-refractivity contribution in [3.63, 3.8) is 0 Å². The molecule has 9 nitrogen and oxygen atoms in total. The molecule has 1 fully saturated rings. The smallest absolute Gasteiger partial charge is 0.422 e. The maximum atomic E-state index is 14.8. The Balaban J connectivity index is 1.37. The van der Waals surface area contributed by atoms with Gasteiger partial charge in [-0.1, -0.05) is 36.4 Å². The summed E-state index contributed by atoms with van der Waals surface area (Å²) in [7, 11) is 1.51. The predicted molar refractivity (Wildman–Crippen MR) is 169 cm³/mol. The second kappa shape index (κ2) is 13.6. The Morgan fingerprint density at radius 2 is 1.83 bits per heavy atom. The molecule has 5 rings (SSSR count). The fourth-order valence-electron chi connectivity index (χ4n) is 5.70. The Morgan fingerprint density at radius 1 is 1.11 bits per heavy atom. The molecule has 4 aromatic rings. The molecule has 3 aromatic carbocycles. The zero-order valence-electron chi connectivity index (χ0n) is 24.8. The summed E-state index contributed by atoms with van der Waals surface area (Å²) in [6.45, 7) is 0.0937. The van der Waals surface area contributed by atoms with Crippen LogP contribution in [0.4, 0.5) is 18.9 Å². The SMILES string of the molecule is COc1cc(C=CC(=O)O)ccc1SC1CCN(CC(O)(c2cn(Cc3ccccc3)c3cc([N+](=O)[O-])ccc23)C(F)(F)F)CC1. The Bertz CT molecular complexity index is 1750. The molecule has 1 aliphatic rings. The number of fused-ring (bicyclic) bond motifs is 1. The van der Waals surface area contributed by atoms with E-state index in [1.165, 1.54) is 36.1 Å². The summed E-state index contributed by atoms with van der Waals surface area (Å²) in [5.74, 6) is -0.498. The van der Waals surface area contributed by atoms with Crippen LogP contribution in [-0.2, 0) is 16.9 Å². The summed E-state index contributed by atoms with van der Waals surface area (Å²) in [4.78, 5) is 24.2. The number of non-ortho nitro benzene ring substituents is 1. The Hall–Kier alpha value is -4.33. The van der Waals surface area contributed by atoms with E-state index in [4.69, 9.17) is 9.84 Å². The van der Waals surface area contributed by atoms with Gasteiger partial charge < -0.3 is 19.5 Å². The van der Waals surface area contributed by atoms with E-state index >= 15 is 0 Å². The molecule has 2 heterocycles. The summed E-state index contributed by atoms with van der Waals surface area (Å²) in [6.07, 6.45) is -0.158. The van der Waals surface area contributed by atoms with Gasteiger partial charge in [0.1, 0.15) is 5.75 Å². The lowest BCUT2D eigenvalue weighted by Gasteiger charge is -2.39. The minimum atomic E-state index is -5.03. The third-order valence-electron chi connectivity index (χ3n) is 8.07. The average molecular weight is 656 g/mol. The van der Waals surface area contributed by atoms with E-state index < -0.39 is 29.2 Å². The van der Waals surface area contributed by atoms with Crippen LogP contribution < -0.4 is 4.74 Å². The highest BCUT2D eigenvalue weighted by molar-refractivity contribution is 8.00. The molecule has 0 spiro atoms. The number of carboxylic acid groups (broad SMARTS) is 1. The van der Waals surface area contributed by atoms with Crippen molar-refractivity contribution in [2.75, 3.05) is 26.7 Å². The number of carbonyl (C=O) groups is 1. The number of piperidine rings is 1. The first-order valence-corrected chi connectivity index (χ1v) is 15.3. The molecule has 0 bridgehead atoms. The molecule has 1 saturated heterocycles. The van der Waals surface area contributed by atoms with Crippen molar-refractivity contribution in [1.29, 1.82) is 0 Å². The fraction of sp³-hybridized carbons (Fsp3) is 0.303. The molecule has 0 radical (unpaired) electrons. The first-order valence-electron chi connectivity index (χ1n) is 14.5. The fourth-order valence-corrected chi connectivity index (χ4v) is 6.91. The molecule has 2 N–H and O–H groups in total. The highest BCUT2D eigenvalue weighted by Gasteiger charge is 2.57. The van der Waals surface area contributed by atoms with Crippen molar-refractivity contribution in [2.45, 2.75) is 41.3 Å². The highest BCUT2D eigenvalue weighted by atomic mass is 32.2. The van der Waals surface area contributed by atoms with Crippen molar-refractivity contribution >= 4 is 40.4 Å². The molecule has 46 heavy (non-hydrogen) atoms. The molecule has 0 aliphatic carbocycles. The number of thioether (sulfide) groups is 1. The highest BCUT2D eigenvalue weighted by Crippen LogP contribution is 2.45. The van der Waals surface area contributed by atoms with Crippen molar-refractivity contribution < 1.29 is 37.8 Å². The average Bonchev–Trinajstić information content (AvgIpc) is 3.39. The number of nitrogens with zero attached hydrogens (tertiary/aromatic N) is 3. The van der Waals surface area contributed by atoms with Gasteiger partial charge in [0.2, 0.25) is 5.60 Å². The van der Waals surface area contributed by atoms with Gasteiger partial charge in [0.25, 0.3) is 5.69 Å². The number of nitro groups is 1. The summed E-state index contributed by atoms with van der Waals surface area (Å²) in [6, 6.07) is 18.0. The number of aliphatic carboxylic acids is 1. The van der Waals surface area contributed by atoms with Crippen LogP contribution in [0.2, 0.25) is 0 Å². The number of methoxy groups -OCH3 is 1. The van der Waals surface area contributed by atoms with E-state index in [0.29, 0.717) is 37.2 Å². The Morgan fingerprint density at radius 3 is 2.46 bits per heavy atom. The maximum absolute atomic E-state index is 14.8. The van der Waals surface area contributed by atoms with Gasteiger partial charge in [0.15, 0.2) is 0 Å². The lowest BCUT2D eigenvalue weighted by atomic mass is 9.91. The van der Waals surface area contributed by atoms with Crippen LogP contribution in [0.3, 0.4) is 0 Å². The van der Waals surface area contributed by atoms with E-state index in [-0.39, 0.29) is 33.9 Å². The number of halogens is 3. The van der Waals surface area contributed by atoms with Crippen LogP contribution in [0.25, 0.3) is 17.0 Å². The molecule has 1 aliphatic heterocycles. The van der Waals surface area contributed by atoms with E-state index in [1.807, 2.05) is 12.1 Å². The van der Waals surface area contributed by atoms with E-state index in [1.54, 1.807) is 53.1 Å². The standard InChI is InChI=1S/C33H32F3N3O6S/c1-45-29-17-22(8-12-31(40)41)7-11-30(29)46-25-13-15-37(16-14-25)21-32(42,33(34,35)36)27-20-38(19-23-5-3-2-4-6-23)28-18-24(39(43)44)9-10-26(27)28/h2-12,17-18,20,25,42H,13-16,19,21H2,1H3,(H,40,41). The third kappa shape index (κ3) is 7.22. The number of benzene rings is 3. The van der Waals surface area contributed by atoms with Gasteiger partial charge in [0, 0.05) is 58.6 Å². The number of likely N-dealkylation sites (tertiary alicyclic amines) is 1. The van der Waals surface area contributed by atoms with Gasteiger partial charge >= 0.3 is 12.1 Å². The lowest BCUT2D eigenvalue weighted by molar-refractivity contribution is -0.384. The minimum absolute atomic E-state index is 0.0814. The summed E-state index contributed by atoms with van der Waals surface area (Å²) in [5, 5.41) is 32.1. The zero-order chi connectivity index (χ0) is 33.1. The van der Waals surface area contributed by atoms with E-state index in [9.17, 15) is 33.2 Å². The molecule has 0 amide bonds. The Labute approximate surface area is 267 Å². The van der Waals surface area contributed by atoms with Crippen LogP contribution >= 0.6 is 11.8 Å². The lowest BCUT2D eigenvalue weighted by Crippen LogP contribution is -2.52. The van der Waals surface area contributed by atoms with Gasteiger partial charge in [-0.25, -0.2) is 4.79 Å². The molecule has 0 saturated carbocycles. The Kier molecular flexibility index (Phi) is 9.75. The largest absolute Gasteiger partial charge is 0.496 e. The number of alkyl halides is 3. The number of hydrogen-bond acceptors (Lipinski definition) is 7. The maximum Gasteiger partial charge on any atom is 0.422 e. The molecule has 1 unspecified atom stereocenters. The van der Waals surface area contributed by atoms with Crippen LogP contribution in [0, 0.1) is 10.1 Å². The minimum Gasteiger partial charge on any atom is -0.496 e. The van der Waals surface area contributed by atoms with Crippen molar-refractivity contribution in [1.82, 2.24) is 9.47 Å². The summed E-state index contributed by atoms with van der Waals surface area (Å²) in [5.41, 5.74) is -2.17. The third-order valence-corrected chi connectivity index (χ3v) is 9.47. The number of aliphatic hydroxyl groups is 1. The van der Waals surface area contributed by atoms with E-state index in [0.717, 1.165) is 22.6 Å². The number of nitro benzene ring substituents is 1. The molecule has 1 aromatic heterocycles. The molecule has 13 heteroatoms. The van der Waals surface area contributed by atoms with Crippen molar-refractivity contribution in [2.24, 2.45) is 0 Å². The second-order valence-electron chi connectivity index (χ2n) is 11.1. The molecule has 242 valence electrons. The summed E-state index contributed by atoms with van der Waals surface area (Å²) < 4.78 is 51.5. The van der Waals surface area contributed by atoms with Crippen LogP contribution in [0.15, 0.2) is 83.9 Å². The quantitative estimate of drug-likeness (QED) is 0.104. The number of rotatable bonds is 11. The molecular formula is C33H32F3N3O6S. The van der Waals surface area contributed by atoms with Crippen LogP contribution in [0.5, 0.6) is 5.75 Å². The van der Waals surface area contributed by atoms with E-state index in [2.05, 4.69) is 0 Å². The molecule has 1 atom stereocenters. The topological polar surface area (TPSA) is 118 Å². The van der Waals surface area contributed by atoms with Gasteiger partial charge in [0.05, 0.1) is 17.5 Å². The number of aromatic nitrogens is 1. The monoisotopic (exact) mass is 655 g/mol. The van der Waals surface area contributed by atoms with Crippen molar-refractivity contribution in [3.8, 4) is 5.75 Å². The first-order chi connectivity index (χ1) is 21.9. The number of β-amino-alcohol motifs (C(OH)–C–C–N with tert-alkyl or cyclic N) is 1. The number of ether oxygens (including phenoxy) is 1.